The smallest absolute Gasteiger partial charge is 0.305 e. The molecule has 0 fully saturated rings. The van der Waals surface area contributed by atoms with Gasteiger partial charge in [0.25, 0.3) is 11.8 Å². The average molecular weight is 573 g/mol. The van der Waals surface area contributed by atoms with Gasteiger partial charge in [0.05, 0.1) is 13.5 Å². The molecule has 9 heteroatoms. The fourth-order valence-electron chi connectivity index (χ4n) is 4.58. The van der Waals surface area contributed by atoms with E-state index in [1.165, 1.54) is 4.90 Å². The number of benzene rings is 4. The van der Waals surface area contributed by atoms with Crippen molar-refractivity contribution in [1.29, 1.82) is 0 Å². The molecule has 2 amide bonds. The molecule has 0 aromatic heterocycles. The molecule has 4 aromatic carbocycles. The van der Waals surface area contributed by atoms with E-state index in [4.69, 9.17) is 4.74 Å². The zero-order valence-corrected chi connectivity index (χ0v) is 23.0. The molecule has 216 valence electrons. The lowest BCUT2D eigenvalue weighted by atomic mass is 9.94. The fourth-order valence-corrected chi connectivity index (χ4v) is 4.58. The summed E-state index contributed by atoms with van der Waals surface area (Å²) in [6, 6.07) is 24.0. The van der Waals surface area contributed by atoms with E-state index < -0.39 is 23.5 Å². The number of ether oxygens (including phenoxy) is 1. The normalized spacial score (nSPS) is 10.6. The van der Waals surface area contributed by atoms with Gasteiger partial charge in [0, 0.05) is 36.8 Å². The van der Waals surface area contributed by atoms with Crippen molar-refractivity contribution in [2.75, 3.05) is 20.2 Å². The van der Waals surface area contributed by atoms with Crippen molar-refractivity contribution in [2.45, 2.75) is 19.4 Å². The zero-order valence-electron chi connectivity index (χ0n) is 23.0. The highest BCUT2D eigenvalue weighted by molar-refractivity contribution is 6.06. The van der Waals surface area contributed by atoms with Gasteiger partial charge in [0.2, 0.25) is 0 Å². The van der Waals surface area contributed by atoms with Crippen molar-refractivity contribution < 1.29 is 33.0 Å². The Hall–Kier alpha value is -5.05. The Morgan fingerprint density at radius 2 is 1.38 bits per heavy atom. The summed E-state index contributed by atoms with van der Waals surface area (Å²) >= 11 is 0. The van der Waals surface area contributed by atoms with Crippen molar-refractivity contribution in [2.24, 2.45) is 0 Å². The van der Waals surface area contributed by atoms with Crippen LogP contribution in [0.15, 0.2) is 91.0 Å². The maximum atomic E-state index is 13.9. The predicted molar refractivity (Wildman–Crippen MR) is 154 cm³/mol. The number of hydrogen-bond acceptors (Lipinski definition) is 4. The molecular formula is C33H30F2N2O5. The van der Waals surface area contributed by atoms with Crippen LogP contribution >= 0.6 is 0 Å². The first-order valence-corrected chi connectivity index (χ1v) is 13.3. The summed E-state index contributed by atoms with van der Waals surface area (Å²) in [7, 11) is 1.58. The molecule has 4 rings (SSSR count). The Bertz CT molecular complexity index is 1550. The van der Waals surface area contributed by atoms with Gasteiger partial charge in [-0.05, 0) is 65.1 Å². The molecule has 42 heavy (non-hydrogen) atoms. The van der Waals surface area contributed by atoms with Crippen LogP contribution in [0.1, 0.15) is 38.3 Å². The molecule has 0 unspecified atom stereocenters. The molecule has 0 radical (unpaired) electrons. The molecule has 0 saturated carbocycles. The van der Waals surface area contributed by atoms with Crippen LogP contribution in [-0.2, 0) is 17.8 Å². The third-order valence-corrected chi connectivity index (χ3v) is 6.71. The van der Waals surface area contributed by atoms with E-state index in [2.05, 4.69) is 5.32 Å². The Morgan fingerprint density at radius 1 is 0.786 bits per heavy atom. The van der Waals surface area contributed by atoms with Gasteiger partial charge < -0.3 is 20.1 Å². The first kappa shape index (κ1) is 29.9. The van der Waals surface area contributed by atoms with E-state index in [1.807, 2.05) is 24.3 Å². The maximum Gasteiger partial charge on any atom is 0.305 e. The minimum absolute atomic E-state index is 0.00494. The number of carbonyl (C=O) groups is 3. The molecule has 4 aromatic rings. The van der Waals surface area contributed by atoms with Crippen molar-refractivity contribution in [3.05, 3.63) is 125 Å². The van der Waals surface area contributed by atoms with E-state index in [-0.39, 0.29) is 43.1 Å². The minimum atomic E-state index is -1.02. The van der Waals surface area contributed by atoms with Crippen molar-refractivity contribution in [3.63, 3.8) is 0 Å². The van der Waals surface area contributed by atoms with Crippen LogP contribution in [0.25, 0.3) is 11.1 Å². The number of carboxylic acid groups (broad SMARTS) is 1. The molecule has 0 heterocycles. The molecule has 0 atom stereocenters. The van der Waals surface area contributed by atoms with E-state index >= 15 is 0 Å². The van der Waals surface area contributed by atoms with Gasteiger partial charge in [-0.15, -0.1) is 0 Å². The highest BCUT2D eigenvalue weighted by atomic mass is 19.1. The quantitative estimate of drug-likeness (QED) is 0.226. The maximum absolute atomic E-state index is 13.9. The number of carboxylic acids is 1. The predicted octanol–water partition coefficient (Wildman–Crippen LogP) is 5.73. The van der Waals surface area contributed by atoms with Crippen LogP contribution in [-0.4, -0.2) is 48.0 Å². The van der Waals surface area contributed by atoms with Gasteiger partial charge in [-0.2, -0.15) is 0 Å². The van der Waals surface area contributed by atoms with Crippen LogP contribution in [0.4, 0.5) is 8.78 Å². The molecule has 0 saturated heterocycles. The molecule has 0 bridgehead atoms. The number of halogens is 2. The highest BCUT2D eigenvalue weighted by Gasteiger charge is 2.22. The monoisotopic (exact) mass is 572 g/mol. The molecule has 2 N–H and O–H groups in total. The first-order chi connectivity index (χ1) is 20.2. The average Bonchev–Trinajstić information content (AvgIpc) is 2.99. The van der Waals surface area contributed by atoms with Crippen LogP contribution in [0.5, 0.6) is 5.75 Å². The number of hydrogen-bond donors (Lipinski definition) is 2. The first-order valence-electron chi connectivity index (χ1n) is 13.3. The second kappa shape index (κ2) is 14.0. The third-order valence-electron chi connectivity index (χ3n) is 6.71. The second-order valence-corrected chi connectivity index (χ2v) is 9.59. The van der Waals surface area contributed by atoms with Gasteiger partial charge in [-0.25, -0.2) is 8.78 Å². The highest BCUT2D eigenvalue weighted by Crippen LogP contribution is 2.29. The van der Waals surface area contributed by atoms with Crippen molar-refractivity contribution in [1.82, 2.24) is 10.2 Å². The van der Waals surface area contributed by atoms with E-state index in [9.17, 15) is 28.3 Å². The topological polar surface area (TPSA) is 95.9 Å². The van der Waals surface area contributed by atoms with Gasteiger partial charge in [-0.1, -0.05) is 48.5 Å². The number of aliphatic carboxylic acids is 1. The summed E-state index contributed by atoms with van der Waals surface area (Å²) in [6.07, 6.45) is 0.271. The van der Waals surface area contributed by atoms with E-state index in [0.717, 1.165) is 23.8 Å². The van der Waals surface area contributed by atoms with Gasteiger partial charge in [-0.3, -0.25) is 14.4 Å². The van der Waals surface area contributed by atoms with Crippen LogP contribution in [0.2, 0.25) is 0 Å². The van der Waals surface area contributed by atoms with E-state index in [1.54, 1.807) is 55.6 Å². The fraction of sp³-hybridized carbons (Fsp3) is 0.182. The summed E-state index contributed by atoms with van der Waals surface area (Å²) < 4.78 is 32.4. The molecule has 0 aliphatic heterocycles. The molecule has 7 nitrogen and oxygen atoms in total. The second-order valence-electron chi connectivity index (χ2n) is 9.59. The summed E-state index contributed by atoms with van der Waals surface area (Å²) in [5, 5.41) is 12.0. The molecule has 0 aliphatic carbocycles. The number of amides is 2. The van der Waals surface area contributed by atoms with Gasteiger partial charge >= 0.3 is 5.97 Å². The van der Waals surface area contributed by atoms with Crippen molar-refractivity contribution in [3.8, 4) is 16.9 Å². The van der Waals surface area contributed by atoms with Crippen LogP contribution < -0.4 is 10.1 Å². The summed E-state index contributed by atoms with van der Waals surface area (Å²) in [5.41, 5.74) is 2.78. The molecular weight excluding hydrogens is 542 g/mol. The SMILES string of the molecule is COc1ccc(CCN(CCC(=O)O)C(=O)c2ccccc2-c2ccccc2C(=O)NCc2cc(F)cc(F)c2)cc1. The summed E-state index contributed by atoms with van der Waals surface area (Å²) in [5.74, 6) is -2.66. The standard InChI is InChI=1S/C33H30F2N2O5/c1-42-26-12-10-22(11-13-26)14-16-37(17-15-31(38)39)33(41)30-9-5-3-7-28(30)27-6-2-4-8-29(27)32(40)36-21-23-18-24(34)20-25(35)19-23/h2-13,18-20H,14-17,21H2,1H3,(H,36,40)(H,38,39). The van der Waals surface area contributed by atoms with Crippen LogP contribution in [0, 0.1) is 11.6 Å². The number of methoxy groups -OCH3 is 1. The Labute approximate surface area is 242 Å². The lowest BCUT2D eigenvalue weighted by Crippen LogP contribution is -2.35. The third kappa shape index (κ3) is 7.78. The van der Waals surface area contributed by atoms with Gasteiger partial charge in [0.15, 0.2) is 0 Å². The largest absolute Gasteiger partial charge is 0.497 e. The number of carbonyl (C=O) groups excluding carboxylic acids is 2. The number of rotatable bonds is 12. The number of nitrogens with zero attached hydrogens (tertiary/aromatic N) is 1. The van der Waals surface area contributed by atoms with Crippen LogP contribution in [0.3, 0.4) is 0 Å². The number of nitrogens with one attached hydrogen (secondary N) is 1. The Kier molecular flexibility index (Phi) is 9.99. The molecule has 0 aliphatic rings. The molecule has 0 spiro atoms. The summed E-state index contributed by atoms with van der Waals surface area (Å²) in [6.45, 7) is 0.181. The zero-order chi connectivity index (χ0) is 30.1. The lowest BCUT2D eigenvalue weighted by Gasteiger charge is -2.24. The lowest BCUT2D eigenvalue weighted by molar-refractivity contribution is -0.137. The van der Waals surface area contributed by atoms with Crippen molar-refractivity contribution >= 4 is 17.8 Å². The minimum Gasteiger partial charge on any atom is -0.497 e. The Morgan fingerprint density at radius 3 is 2.00 bits per heavy atom. The van der Waals surface area contributed by atoms with Gasteiger partial charge in [0.1, 0.15) is 17.4 Å². The summed E-state index contributed by atoms with van der Waals surface area (Å²) in [4.78, 5) is 40.0. The van der Waals surface area contributed by atoms with E-state index in [0.29, 0.717) is 28.9 Å². The Balaban J connectivity index is 1.59.